The molecule has 6 aromatic rings. The summed E-state index contributed by atoms with van der Waals surface area (Å²) in [6.45, 7) is 0.0880. The van der Waals surface area contributed by atoms with Crippen molar-refractivity contribution in [2.75, 3.05) is 6.54 Å². The molecule has 47 heavy (non-hydrogen) atoms. The second-order valence-electron chi connectivity index (χ2n) is 11.4. The van der Waals surface area contributed by atoms with Crippen molar-refractivity contribution in [3.05, 3.63) is 180 Å². The third-order valence-electron chi connectivity index (χ3n) is 8.36. The first-order valence-corrected chi connectivity index (χ1v) is 15.7. The van der Waals surface area contributed by atoms with Crippen molar-refractivity contribution in [3.8, 4) is 0 Å². The first-order chi connectivity index (χ1) is 23.0. The molecule has 1 aromatic heterocycles. The molecule has 0 bridgehead atoms. The van der Waals surface area contributed by atoms with Gasteiger partial charge in [-0.25, -0.2) is 0 Å². The number of fused-ring (bicyclic) bond motifs is 1. The minimum absolute atomic E-state index is 0.0342. The van der Waals surface area contributed by atoms with E-state index in [-0.39, 0.29) is 37.1 Å². The number of para-hydroxylation sites is 1. The van der Waals surface area contributed by atoms with Crippen LogP contribution in [0.1, 0.15) is 39.0 Å². The molecule has 0 saturated heterocycles. The zero-order valence-corrected chi connectivity index (χ0v) is 25.9. The molecule has 1 atom stereocenters. The van der Waals surface area contributed by atoms with Crippen molar-refractivity contribution in [2.45, 2.75) is 24.4 Å². The topological polar surface area (TPSA) is 103 Å². The Morgan fingerprint density at radius 2 is 1.15 bits per heavy atom. The van der Waals surface area contributed by atoms with Crippen LogP contribution in [0.5, 0.6) is 0 Å². The summed E-state index contributed by atoms with van der Waals surface area (Å²) in [5.74, 6) is -0.946. The number of nitrogens with one attached hydrogen (secondary N) is 4. The van der Waals surface area contributed by atoms with Crippen LogP contribution in [0.3, 0.4) is 0 Å². The standard InChI is InChI=1S/C40H36N4O3/c45-37(44-40(31-17-7-2-8-18-31,32-19-9-3-10-20-32)33-21-11-4-12-22-33)25-26-41-39(47)36(43-38(46)29-15-5-1-6-16-29)27-30-28-42-35-24-14-13-23-34(30)35/h1-24,28,36,42H,25-27H2,(H,41,47)(H,43,46)(H,44,45)/t36-/m0/s1. The van der Waals surface area contributed by atoms with Crippen LogP contribution in [0, 0.1) is 0 Å². The molecule has 1 heterocycles. The number of carbonyl (C=O) groups excluding carboxylic acids is 3. The van der Waals surface area contributed by atoms with Crippen molar-refractivity contribution >= 4 is 28.6 Å². The lowest BCUT2D eigenvalue weighted by Gasteiger charge is -2.37. The van der Waals surface area contributed by atoms with Gasteiger partial charge < -0.3 is 20.9 Å². The van der Waals surface area contributed by atoms with E-state index in [1.54, 1.807) is 24.3 Å². The molecule has 234 valence electrons. The molecule has 0 spiro atoms. The lowest BCUT2D eigenvalue weighted by atomic mass is 9.77. The normalized spacial score (nSPS) is 11.8. The minimum atomic E-state index is -0.952. The van der Waals surface area contributed by atoms with Gasteiger partial charge in [-0.2, -0.15) is 0 Å². The van der Waals surface area contributed by atoms with E-state index in [0.29, 0.717) is 5.56 Å². The van der Waals surface area contributed by atoms with Gasteiger partial charge in [-0.15, -0.1) is 0 Å². The van der Waals surface area contributed by atoms with Gasteiger partial charge in [0.2, 0.25) is 11.8 Å². The summed E-state index contributed by atoms with van der Waals surface area (Å²) in [5, 5.41) is 10.1. The van der Waals surface area contributed by atoms with Crippen LogP contribution < -0.4 is 16.0 Å². The monoisotopic (exact) mass is 620 g/mol. The number of amides is 3. The number of hydrogen-bond donors (Lipinski definition) is 4. The Hall–Kier alpha value is -5.95. The molecule has 0 aliphatic carbocycles. The lowest BCUT2D eigenvalue weighted by molar-refractivity contribution is -0.124. The van der Waals surface area contributed by atoms with Crippen LogP contribution in [0.15, 0.2) is 152 Å². The number of aromatic amines is 1. The summed E-state index contributed by atoms with van der Waals surface area (Å²) in [7, 11) is 0. The highest BCUT2D eigenvalue weighted by molar-refractivity contribution is 5.98. The van der Waals surface area contributed by atoms with Gasteiger partial charge in [0.25, 0.3) is 5.91 Å². The summed E-state index contributed by atoms with van der Waals surface area (Å²) in [5.41, 5.74) is 4.11. The summed E-state index contributed by atoms with van der Waals surface area (Å²) >= 11 is 0. The molecule has 7 nitrogen and oxygen atoms in total. The average Bonchev–Trinajstić information content (AvgIpc) is 3.54. The van der Waals surface area contributed by atoms with Gasteiger partial charge in [-0.1, -0.05) is 127 Å². The number of aromatic nitrogens is 1. The Labute approximate surface area is 274 Å². The van der Waals surface area contributed by atoms with Crippen LogP contribution in [-0.4, -0.2) is 35.3 Å². The lowest BCUT2D eigenvalue weighted by Crippen LogP contribution is -2.50. The Morgan fingerprint density at radius 3 is 1.72 bits per heavy atom. The smallest absolute Gasteiger partial charge is 0.251 e. The zero-order chi connectivity index (χ0) is 32.5. The van der Waals surface area contributed by atoms with Gasteiger partial charge in [-0.05, 0) is 40.5 Å². The van der Waals surface area contributed by atoms with E-state index in [9.17, 15) is 14.4 Å². The van der Waals surface area contributed by atoms with E-state index in [4.69, 9.17) is 0 Å². The van der Waals surface area contributed by atoms with Crippen LogP contribution in [-0.2, 0) is 21.5 Å². The summed E-state index contributed by atoms with van der Waals surface area (Å²) in [4.78, 5) is 43.8. The third-order valence-corrected chi connectivity index (χ3v) is 8.36. The molecule has 3 amide bonds. The predicted octanol–water partition coefficient (Wildman–Crippen LogP) is 6.12. The molecule has 7 heteroatoms. The maximum atomic E-state index is 13.8. The summed E-state index contributed by atoms with van der Waals surface area (Å²) in [6, 6.07) is 45.4. The van der Waals surface area contributed by atoms with Crippen LogP contribution in [0.25, 0.3) is 10.9 Å². The van der Waals surface area contributed by atoms with E-state index in [0.717, 1.165) is 33.2 Å². The second kappa shape index (κ2) is 14.4. The van der Waals surface area contributed by atoms with Gasteiger partial charge in [0.1, 0.15) is 11.6 Å². The molecule has 0 unspecified atom stereocenters. The Balaban J connectivity index is 1.20. The molecular weight excluding hydrogens is 584 g/mol. The molecule has 0 saturated carbocycles. The first-order valence-electron chi connectivity index (χ1n) is 15.7. The van der Waals surface area contributed by atoms with Gasteiger partial charge in [0, 0.05) is 42.0 Å². The summed E-state index contributed by atoms with van der Waals surface area (Å²) in [6.07, 6.45) is 2.18. The van der Waals surface area contributed by atoms with Crippen LogP contribution >= 0.6 is 0 Å². The highest BCUT2D eigenvalue weighted by Crippen LogP contribution is 2.36. The van der Waals surface area contributed by atoms with Crippen molar-refractivity contribution in [3.63, 3.8) is 0 Å². The molecule has 0 radical (unpaired) electrons. The van der Waals surface area contributed by atoms with Crippen molar-refractivity contribution < 1.29 is 14.4 Å². The largest absolute Gasteiger partial charge is 0.361 e. The fourth-order valence-electron chi connectivity index (χ4n) is 6.04. The number of carbonyl (C=O) groups is 3. The van der Waals surface area contributed by atoms with Gasteiger partial charge in [-0.3, -0.25) is 14.4 Å². The molecule has 0 fully saturated rings. The van der Waals surface area contributed by atoms with Crippen LogP contribution in [0.4, 0.5) is 0 Å². The van der Waals surface area contributed by atoms with E-state index in [1.165, 1.54) is 0 Å². The van der Waals surface area contributed by atoms with Crippen LogP contribution in [0.2, 0.25) is 0 Å². The third kappa shape index (κ3) is 6.99. The highest BCUT2D eigenvalue weighted by Gasteiger charge is 2.37. The second-order valence-corrected chi connectivity index (χ2v) is 11.4. The maximum Gasteiger partial charge on any atom is 0.251 e. The van der Waals surface area contributed by atoms with E-state index < -0.39 is 11.6 Å². The molecule has 4 N–H and O–H groups in total. The Bertz CT molecular complexity index is 1840. The van der Waals surface area contributed by atoms with E-state index in [2.05, 4.69) is 20.9 Å². The van der Waals surface area contributed by atoms with Gasteiger partial charge in [0.05, 0.1) is 0 Å². The summed E-state index contributed by atoms with van der Waals surface area (Å²) < 4.78 is 0. The molecule has 0 aliphatic rings. The van der Waals surface area contributed by atoms with E-state index in [1.807, 2.05) is 128 Å². The molecule has 5 aromatic carbocycles. The number of benzene rings is 5. The fourth-order valence-corrected chi connectivity index (χ4v) is 6.04. The van der Waals surface area contributed by atoms with Crippen molar-refractivity contribution in [1.82, 2.24) is 20.9 Å². The Kier molecular flexibility index (Phi) is 9.53. The van der Waals surface area contributed by atoms with Gasteiger partial charge in [0.15, 0.2) is 0 Å². The number of hydrogen-bond acceptors (Lipinski definition) is 3. The van der Waals surface area contributed by atoms with Gasteiger partial charge >= 0.3 is 0 Å². The molecular formula is C40H36N4O3. The average molecular weight is 621 g/mol. The maximum absolute atomic E-state index is 13.8. The van der Waals surface area contributed by atoms with Crippen molar-refractivity contribution in [1.29, 1.82) is 0 Å². The Morgan fingerprint density at radius 1 is 0.638 bits per heavy atom. The predicted molar refractivity (Wildman–Crippen MR) is 185 cm³/mol. The highest BCUT2D eigenvalue weighted by atomic mass is 16.2. The first kappa shape index (κ1) is 31.0. The molecule has 6 rings (SSSR count). The quantitative estimate of drug-likeness (QED) is 0.124. The SMILES string of the molecule is O=C(CCNC(=O)[C@H](Cc1c[nH]c2ccccc12)NC(=O)c1ccccc1)NC(c1ccccc1)(c1ccccc1)c1ccccc1. The minimum Gasteiger partial charge on any atom is -0.361 e. The number of H-pyrrole nitrogens is 1. The van der Waals surface area contributed by atoms with Crippen molar-refractivity contribution in [2.24, 2.45) is 0 Å². The molecule has 0 aliphatic heterocycles. The zero-order valence-electron chi connectivity index (χ0n) is 25.9. The van der Waals surface area contributed by atoms with E-state index >= 15 is 0 Å². The number of rotatable bonds is 12. The fraction of sp³-hybridized carbons (Fsp3) is 0.125.